The minimum Gasteiger partial charge on any atom is -0.497 e. The monoisotopic (exact) mass is 444 g/mol. The molecule has 0 spiro atoms. The lowest BCUT2D eigenvalue weighted by Crippen LogP contribution is -2.49. The molecule has 0 saturated carbocycles. The number of halogens is 1. The highest BCUT2D eigenvalue weighted by Gasteiger charge is 2.22. The van der Waals surface area contributed by atoms with Crippen LogP contribution in [0.25, 0.3) is 5.69 Å². The highest BCUT2D eigenvalue weighted by atomic mass is 35.5. The van der Waals surface area contributed by atoms with E-state index in [1.807, 2.05) is 41.3 Å². The number of tetrazole rings is 1. The fraction of sp³-hybridized carbons (Fsp3) is 0.300. The van der Waals surface area contributed by atoms with Crippen LogP contribution >= 0.6 is 23.4 Å². The summed E-state index contributed by atoms with van der Waals surface area (Å²) in [6.07, 6.45) is 0. The lowest BCUT2D eigenvalue weighted by Gasteiger charge is -2.36. The number of thioether (sulfide) groups is 1. The van der Waals surface area contributed by atoms with E-state index in [1.165, 1.54) is 11.8 Å². The number of hydrogen-bond acceptors (Lipinski definition) is 7. The lowest BCUT2D eigenvalue weighted by molar-refractivity contribution is -0.128. The molecule has 1 aliphatic rings. The zero-order chi connectivity index (χ0) is 20.9. The molecule has 10 heteroatoms. The molecule has 156 valence electrons. The van der Waals surface area contributed by atoms with Crippen LogP contribution in [-0.2, 0) is 4.79 Å². The molecule has 1 aromatic heterocycles. The summed E-state index contributed by atoms with van der Waals surface area (Å²) in [6, 6.07) is 15.2. The molecule has 1 saturated heterocycles. The van der Waals surface area contributed by atoms with Crippen molar-refractivity contribution in [2.45, 2.75) is 5.16 Å². The third-order valence-electron chi connectivity index (χ3n) is 4.91. The molecule has 0 unspecified atom stereocenters. The first kappa shape index (κ1) is 20.5. The normalized spacial score (nSPS) is 14.1. The molecule has 2 aromatic carbocycles. The van der Waals surface area contributed by atoms with Crippen LogP contribution in [0.5, 0.6) is 5.75 Å². The van der Waals surface area contributed by atoms with E-state index in [0.717, 1.165) is 30.2 Å². The van der Waals surface area contributed by atoms with Gasteiger partial charge in [0.1, 0.15) is 5.75 Å². The van der Waals surface area contributed by atoms with E-state index >= 15 is 0 Å². The Labute approximate surface area is 183 Å². The molecule has 2 heterocycles. The van der Waals surface area contributed by atoms with Crippen LogP contribution < -0.4 is 9.64 Å². The third kappa shape index (κ3) is 4.68. The van der Waals surface area contributed by atoms with E-state index in [9.17, 15) is 4.79 Å². The summed E-state index contributed by atoms with van der Waals surface area (Å²) < 4.78 is 6.82. The molecule has 30 heavy (non-hydrogen) atoms. The number of anilines is 1. The zero-order valence-corrected chi connectivity index (χ0v) is 18.0. The molecule has 4 rings (SSSR count). The van der Waals surface area contributed by atoms with Crippen molar-refractivity contribution in [2.75, 3.05) is 43.9 Å². The van der Waals surface area contributed by atoms with Gasteiger partial charge in [0, 0.05) is 36.9 Å². The fourth-order valence-electron chi connectivity index (χ4n) is 3.24. The number of rotatable bonds is 6. The maximum atomic E-state index is 12.7. The second-order valence-corrected chi connectivity index (χ2v) is 8.08. The summed E-state index contributed by atoms with van der Waals surface area (Å²) >= 11 is 7.27. The van der Waals surface area contributed by atoms with Crippen LogP contribution in [0, 0.1) is 0 Å². The van der Waals surface area contributed by atoms with Gasteiger partial charge in [-0.1, -0.05) is 23.4 Å². The van der Waals surface area contributed by atoms with E-state index in [1.54, 1.807) is 23.9 Å². The van der Waals surface area contributed by atoms with Gasteiger partial charge in [0.05, 0.1) is 18.6 Å². The Hall–Kier alpha value is -2.78. The van der Waals surface area contributed by atoms with Crippen molar-refractivity contribution in [3.05, 3.63) is 53.6 Å². The summed E-state index contributed by atoms with van der Waals surface area (Å²) in [5.41, 5.74) is 1.94. The van der Waals surface area contributed by atoms with Gasteiger partial charge in [-0.2, -0.15) is 4.68 Å². The minimum absolute atomic E-state index is 0.0834. The van der Waals surface area contributed by atoms with Gasteiger partial charge in [0.25, 0.3) is 0 Å². The highest BCUT2D eigenvalue weighted by molar-refractivity contribution is 7.99. The predicted octanol–water partition coefficient (Wildman–Crippen LogP) is 2.77. The number of carbonyl (C=O) groups excluding carboxylic acids is 1. The van der Waals surface area contributed by atoms with Gasteiger partial charge in [0.2, 0.25) is 11.1 Å². The molecule has 0 N–H and O–H groups in total. The summed E-state index contributed by atoms with van der Waals surface area (Å²) in [4.78, 5) is 16.9. The molecule has 1 aliphatic heterocycles. The molecule has 1 amide bonds. The summed E-state index contributed by atoms with van der Waals surface area (Å²) in [7, 11) is 1.66. The number of amides is 1. The van der Waals surface area contributed by atoms with Crippen molar-refractivity contribution in [3.63, 3.8) is 0 Å². The van der Waals surface area contributed by atoms with Crippen LogP contribution in [-0.4, -0.2) is 70.1 Å². The Morgan fingerprint density at radius 1 is 1.03 bits per heavy atom. The first-order valence-electron chi connectivity index (χ1n) is 9.48. The Kier molecular flexibility index (Phi) is 6.39. The van der Waals surface area contributed by atoms with Crippen molar-refractivity contribution in [3.8, 4) is 11.4 Å². The van der Waals surface area contributed by atoms with Crippen LogP contribution in [0.15, 0.2) is 53.7 Å². The zero-order valence-electron chi connectivity index (χ0n) is 16.4. The maximum Gasteiger partial charge on any atom is 0.233 e. The van der Waals surface area contributed by atoms with Crippen LogP contribution in [0.3, 0.4) is 0 Å². The predicted molar refractivity (Wildman–Crippen MR) is 117 cm³/mol. The minimum atomic E-state index is 0.0834. The molecular weight excluding hydrogens is 424 g/mol. The Morgan fingerprint density at radius 2 is 1.70 bits per heavy atom. The Bertz CT molecular complexity index is 987. The van der Waals surface area contributed by atoms with E-state index in [-0.39, 0.29) is 11.7 Å². The first-order valence-corrected chi connectivity index (χ1v) is 10.8. The van der Waals surface area contributed by atoms with Gasteiger partial charge in [0.15, 0.2) is 0 Å². The lowest BCUT2D eigenvalue weighted by atomic mass is 10.2. The molecule has 1 fully saturated rings. The molecule has 8 nitrogen and oxygen atoms in total. The molecule has 3 aromatic rings. The molecular formula is C20H21ClN6O2S. The standard InChI is InChI=1S/C20H21ClN6O2S/c1-29-18-8-6-16(7-9-18)25-10-12-26(13-11-25)19(28)14-30-20-22-23-24-27(20)17-4-2-15(21)3-5-17/h2-9H,10-14H2,1H3. The van der Waals surface area contributed by atoms with Crippen molar-refractivity contribution < 1.29 is 9.53 Å². The van der Waals surface area contributed by atoms with Crippen LogP contribution in [0.4, 0.5) is 5.69 Å². The van der Waals surface area contributed by atoms with Gasteiger partial charge in [-0.05, 0) is 59.0 Å². The molecule has 0 bridgehead atoms. The van der Waals surface area contributed by atoms with E-state index < -0.39 is 0 Å². The average molecular weight is 445 g/mol. The average Bonchev–Trinajstić information content (AvgIpc) is 3.27. The Balaban J connectivity index is 1.30. The van der Waals surface area contributed by atoms with Gasteiger partial charge in [-0.3, -0.25) is 4.79 Å². The quantitative estimate of drug-likeness (QED) is 0.541. The van der Waals surface area contributed by atoms with E-state index in [2.05, 4.69) is 20.4 Å². The van der Waals surface area contributed by atoms with Gasteiger partial charge < -0.3 is 14.5 Å². The highest BCUT2D eigenvalue weighted by Crippen LogP contribution is 2.22. The number of piperazine rings is 1. The maximum absolute atomic E-state index is 12.7. The second-order valence-electron chi connectivity index (χ2n) is 6.70. The van der Waals surface area contributed by atoms with Crippen molar-refractivity contribution >= 4 is 35.0 Å². The number of ether oxygens (including phenoxy) is 1. The fourth-order valence-corrected chi connectivity index (χ4v) is 4.16. The van der Waals surface area contributed by atoms with E-state index in [0.29, 0.717) is 23.3 Å². The summed E-state index contributed by atoms with van der Waals surface area (Å²) in [5, 5.41) is 13.0. The van der Waals surface area contributed by atoms with Crippen LogP contribution in [0.2, 0.25) is 5.02 Å². The number of nitrogens with zero attached hydrogens (tertiary/aromatic N) is 6. The number of aromatic nitrogens is 4. The van der Waals surface area contributed by atoms with Gasteiger partial charge >= 0.3 is 0 Å². The Morgan fingerprint density at radius 3 is 2.37 bits per heavy atom. The smallest absolute Gasteiger partial charge is 0.233 e. The topological polar surface area (TPSA) is 76.4 Å². The summed E-state index contributed by atoms with van der Waals surface area (Å²) in [6.45, 7) is 2.97. The van der Waals surface area contributed by atoms with Crippen molar-refractivity contribution in [2.24, 2.45) is 0 Å². The second kappa shape index (κ2) is 9.36. The third-order valence-corrected chi connectivity index (χ3v) is 6.06. The van der Waals surface area contributed by atoms with Crippen molar-refractivity contribution in [1.82, 2.24) is 25.1 Å². The molecule has 0 atom stereocenters. The van der Waals surface area contributed by atoms with Crippen molar-refractivity contribution in [1.29, 1.82) is 0 Å². The molecule has 0 aliphatic carbocycles. The number of hydrogen-bond donors (Lipinski definition) is 0. The van der Waals surface area contributed by atoms with Crippen LogP contribution in [0.1, 0.15) is 0 Å². The SMILES string of the molecule is COc1ccc(N2CCN(C(=O)CSc3nnnn3-c3ccc(Cl)cc3)CC2)cc1. The number of methoxy groups -OCH3 is 1. The number of benzene rings is 2. The van der Waals surface area contributed by atoms with Gasteiger partial charge in [-0.15, -0.1) is 5.10 Å². The first-order chi connectivity index (χ1) is 14.6. The van der Waals surface area contributed by atoms with Gasteiger partial charge in [-0.25, -0.2) is 0 Å². The number of carbonyl (C=O) groups is 1. The largest absolute Gasteiger partial charge is 0.497 e. The molecule has 0 radical (unpaired) electrons. The van der Waals surface area contributed by atoms with E-state index in [4.69, 9.17) is 16.3 Å². The summed E-state index contributed by atoms with van der Waals surface area (Å²) in [5.74, 6) is 1.21.